The number of carbonyl (C=O) groups excluding carboxylic acids is 1. The van der Waals surface area contributed by atoms with Crippen LogP contribution in [0.25, 0.3) is 0 Å². The third-order valence-electron chi connectivity index (χ3n) is 5.93. The Bertz CT molecular complexity index is 907. The molecule has 33 heavy (non-hydrogen) atoms. The van der Waals surface area contributed by atoms with Gasteiger partial charge in [-0.3, -0.25) is 0 Å². The highest BCUT2D eigenvalue weighted by molar-refractivity contribution is 9.10. The predicted octanol–water partition coefficient (Wildman–Crippen LogP) is 8.17. The number of hydrogen-bond donors (Lipinski definition) is 1. The second-order valence-electron chi connectivity index (χ2n) is 9.80. The fourth-order valence-electron chi connectivity index (χ4n) is 4.39. The number of halogens is 2. The van der Waals surface area contributed by atoms with Gasteiger partial charge in [-0.15, -0.1) is 0 Å². The van der Waals surface area contributed by atoms with Crippen LogP contribution < -0.4 is 5.32 Å². The second-order valence-corrected chi connectivity index (χ2v) is 11.6. The molecule has 0 spiro atoms. The zero-order valence-electron chi connectivity index (χ0n) is 19.9. The summed E-state index contributed by atoms with van der Waals surface area (Å²) in [5.74, 6) is 0. The van der Waals surface area contributed by atoms with Crippen molar-refractivity contribution < 1.29 is 9.53 Å². The van der Waals surface area contributed by atoms with Crippen LogP contribution in [0.2, 0.25) is 0 Å². The Labute approximate surface area is 215 Å². The molecule has 2 saturated heterocycles. The molecule has 2 atom stereocenters. The predicted molar refractivity (Wildman–Crippen MR) is 142 cm³/mol. The molecule has 2 unspecified atom stereocenters. The van der Waals surface area contributed by atoms with E-state index in [1.54, 1.807) is 0 Å². The van der Waals surface area contributed by atoms with Gasteiger partial charge in [0.25, 0.3) is 0 Å². The van der Waals surface area contributed by atoms with E-state index in [0.29, 0.717) is 6.04 Å². The number of nitrogens with zero attached hydrogens (tertiary/aromatic N) is 1. The Balaban J connectivity index is 0.000000203. The molecule has 4 nitrogen and oxygen atoms in total. The fourth-order valence-corrected chi connectivity index (χ4v) is 5.22. The largest absolute Gasteiger partial charge is 0.444 e. The number of rotatable bonds is 2. The zero-order chi connectivity index (χ0) is 23.8. The lowest BCUT2D eigenvalue weighted by molar-refractivity contribution is 0.00951. The molecule has 0 bridgehead atoms. The molecule has 1 amide bonds. The van der Waals surface area contributed by atoms with E-state index < -0.39 is 5.60 Å². The van der Waals surface area contributed by atoms with Crippen molar-refractivity contribution in [1.82, 2.24) is 10.2 Å². The normalized spacial score (nSPS) is 21.1. The van der Waals surface area contributed by atoms with Gasteiger partial charge in [-0.2, -0.15) is 0 Å². The first-order valence-corrected chi connectivity index (χ1v) is 13.6. The summed E-state index contributed by atoms with van der Waals surface area (Å²) < 4.78 is 7.76. The van der Waals surface area contributed by atoms with Gasteiger partial charge in [0.1, 0.15) is 5.60 Å². The van der Waals surface area contributed by atoms with Crippen molar-refractivity contribution in [1.29, 1.82) is 0 Å². The van der Waals surface area contributed by atoms with Crippen molar-refractivity contribution in [2.45, 2.75) is 77.0 Å². The minimum Gasteiger partial charge on any atom is -0.444 e. The molecule has 2 fully saturated rings. The van der Waals surface area contributed by atoms with Crippen LogP contribution in [0.1, 0.15) is 82.5 Å². The SMILES string of the molecule is Brc1cccc(C2CCCCN2)c1.CC(C)(C)OC(=O)N1CCCCC1c1cccc(Br)c1. The number of benzene rings is 2. The Kier molecular flexibility index (Phi) is 9.83. The van der Waals surface area contributed by atoms with Crippen LogP contribution >= 0.6 is 31.9 Å². The van der Waals surface area contributed by atoms with E-state index in [9.17, 15) is 4.79 Å². The number of piperidine rings is 2. The van der Waals surface area contributed by atoms with Crippen molar-refractivity contribution in [3.8, 4) is 0 Å². The van der Waals surface area contributed by atoms with E-state index in [2.05, 4.69) is 73.6 Å². The standard InChI is InChI=1S/C16H22BrNO2.C11H14BrN/c1-16(2,3)20-15(19)18-10-5-4-9-14(18)12-7-6-8-13(17)11-12;12-10-5-3-4-9(8-10)11-6-1-2-7-13-11/h6-8,11,14H,4-5,9-10H2,1-3H3;3-5,8,11,13H,1-2,6-7H2. The van der Waals surface area contributed by atoms with E-state index in [-0.39, 0.29) is 12.1 Å². The highest BCUT2D eigenvalue weighted by Crippen LogP contribution is 2.33. The van der Waals surface area contributed by atoms with Crippen molar-refractivity contribution in [2.75, 3.05) is 13.1 Å². The van der Waals surface area contributed by atoms with Crippen molar-refractivity contribution in [3.05, 3.63) is 68.6 Å². The molecule has 2 aliphatic rings. The number of ether oxygens (including phenoxy) is 1. The third kappa shape index (κ3) is 8.41. The Morgan fingerprint density at radius 2 is 1.58 bits per heavy atom. The van der Waals surface area contributed by atoms with Gasteiger partial charge < -0.3 is 15.0 Å². The summed E-state index contributed by atoms with van der Waals surface area (Å²) in [7, 11) is 0. The van der Waals surface area contributed by atoms with Crippen LogP contribution in [0.15, 0.2) is 57.5 Å². The number of hydrogen-bond acceptors (Lipinski definition) is 3. The van der Waals surface area contributed by atoms with E-state index in [1.165, 1.54) is 34.9 Å². The molecule has 2 aromatic rings. The third-order valence-corrected chi connectivity index (χ3v) is 6.91. The minimum absolute atomic E-state index is 0.121. The lowest BCUT2D eigenvalue weighted by Gasteiger charge is -2.37. The first kappa shape index (κ1) is 26.2. The topological polar surface area (TPSA) is 41.6 Å². The van der Waals surface area contributed by atoms with Gasteiger partial charge in [-0.25, -0.2) is 4.79 Å². The second kappa shape index (κ2) is 12.4. The molecule has 2 aliphatic heterocycles. The lowest BCUT2D eigenvalue weighted by atomic mass is 9.96. The average Bonchev–Trinajstić information content (AvgIpc) is 2.79. The summed E-state index contributed by atoms with van der Waals surface area (Å²) in [4.78, 5) is 14.2. The number of nitrogens with one attached hydrogen (secondary N) is 1. The molecule has 0 radical (unpaired) electrons. The lowest BCUT2D eigenvalue weighted by Crippen LogP contribution is -2.41. The van der Waals surface area contributed by atoms with Crippen molar-refractivity contribution in [2.24, 2.45) is 0 Å². The Morgan fingerprint density at radius 3 is 2.18 bits per heavy atom. The fraction of sp³-hybridized carbons (Fsp3) is 0.519. The first-order chi connectivity index (χ1) is 15.7. The maximum atomic E-state index is 12.4. The van der Waals surface area contributed by atoms with Gasteiger partial charge in [0, 0.05) is 21.5 Å². The van der Waals surface area contributed by atoms with Gasteiger partial charge in [-0.05, 0) is 94.8 Å². The molecule has 0 aromatic heterocycles. The number of likely N-dealkylation sites (tertiary alicyclic amines) is 1. The summed E-state index contributed by atoms with van der Waals surface area (Å²) in [6.07, 6.45) is 6.93. The van der Waals surface area contributed by atoms with E-state index in [1.807, 2.05) is 37.8 Å². The maximum absolute atomic E-state index is 12.4. The molecule has 0 saturated carbocycles. The zero-order valence-corrected chi connectivity index (χ0v) is 23.1. The maximum Gasteiger partial charge on any atom is 0.410 e. The van der Waals surface area contributed by atoms with Crippen LogP contribution in [0.3, 0.4) is 0 Å². The monoisotopic (exact) mass is 578 g/mol. The highest BCUT2D eigenvalue weighted by atomic mass is 79.9. The highest BCUT2D eigenvalue weighted by Gasteiger charge is 2.31. The van der Waals surface area contributed by atoms with Gasteiger partial charge in [-0.1, -0.05) is 62.5 Å². The van der Waals surface area contributed by atoms with E-state index >= 15 is 0 Å². The quantitative estimate of drug-likeness (QED) is 0.390. The van der Waals surface area contributed by atoms with Crippen molar-refractivity contribution >= 4 is 38.0 Å². The molecule has 2 aromatic carbocycles. The molecular weight excluding hydrogens is 544 g/mol. The molecule has 4 rings (SSSR count). The van der Waals surface area contributed by atoms with Gasteiger partial charge >= 0.3 is 6.09 Å². The number of carbonyl (C=O) groups is 1. The molecular formula is C27H36Br2N2O2. The Hall–Kier alpha value is -1.37. The summed E-state index contributed by atoms with van der Waals surface area (Å²) in [6.45, 7) is 7.65. The van der Waals surface area contributed by atoms with Gasteiger partial charge in [0.15, 0.2) is 0 Å². The van der Waals surface area contributed by atoms with Gasteiger partial charge in [0.05, 0.1) is 6.04 Å². The summed E-state index contributed by atoms with van der Waals surface area (Å²) in [5, 5.41) is 3.54. The molecule has 180 valence electrons. The average molecular weight is 580 g/mol. The number of amides is 1. The van der Waals surface area contributed by atoms with Crippen LogP contribution in [0.4, 0.5) is 4.79 Å². The molecule has 0 aliphatic carbocycles. The summed E-state index contributed by atoms with van der Waals surface area (Å²) >= 11 is 7.00. The van der Waals surface area contributed by atoms with E-state index in [0.717, 1.165) is 36.8 Å². The van der Waals surface area contributed by atoms with E-state index in [4.69, 9.17) is 4.74 Å². The minimum atomic E-state index is -0.448. The van der Waals surface area contributed by atoms with Crippen molar-refractivity contribution in [3.63, 3.8) is 0 Å². The molecule has 2 heterocycles. The van der Waals surface area contributed by atoms with Crippen LogP contribution in [-0.2, 0) is 4.74 Å². The summed E-state index contributed by atoms with van der Waals surface area (Å²) in [5.41, 5.74) is 2.13. The smallest absolute Gasteiger partial charge is 0.410 e. The van der Waals surface area contributed by atoms with Gasteiger partial charge in [0.2, 0.25) is 0 Å². The molecule has 1 N–H and O–H groups in total. The van der Waals surface area contributed by atoms with Crippen LogP contribution in [0, 0.1) is 0 Å². The van der Waals surface area contributed by atoms with Crippen LogP contribution in [-0.4, -0.2) is 29.7 Å². The molecule has 6 heteroatoms. The first-order valence-electron chi connectivity index (χ1n) is 12.0. The Morgan fingerprint density at radius 1 is 0.939 bits per heavy atom. The van der Waals surface area contributed by atoms with Crippen LogP contribution in [0.5, 0.6) is 0 Å². The summed E-state index contributed by atoms with van der Waals surface area (Å²) in [6, 6.07) is 17.5.